The predicted octanol–water partition coefficient (Wildman–Crippen LogP) is 4.40. The van der Waals surface area contributed by atoms with Crippen molar-refractivity contribution in [2.45, 2.75) is 70.5 Å². The number of fused-ring (bicyclic) bond motifs is 1. The highest BCUT2D eigenvalue weighted by Gasteiger charge is 2.23. The zero-order valence-corrected chi connectivity index (χ0v) is 12.5. The van der Waals surface area contributed by atoms with Gasteiger partial charge in [-0.05, 0) is 67.7 Å². The van der Waals surface area contributed by atoms with Crippen molar-refractivity contribution in [3.63, 3.8) is 0 Å². The second kappa shape index (κ2) is 6.17. The van der Waals surface area contributed by atoms with Gasteiger partial charge in [0.05, 0.1) is 12.2 Å². The first kappa shape index (κ1) is 13.9. The molecule has 0 aromatic heterocycles. The summed E-state index contributed by atoms with van der Waals surface area (Å²) >= 11 is 0. The van der Waals surface area contributed by atoms with E-state index in [9.17, 15) is 5.11 Å². The average Bonchev–Trinajstić information content (AvgIpc) is 2.48. The van der Waals surface area contributed by atoms with E-state index in [1.807, 2.05) is 0 Å². The summed E-state index contributed by atoms with van der Waals surface area (Å²) in [4.78, 5) is 0. The molecule has 3 rings (SSSR count). The van der Waals surface area contributed by atoms with E-state index in [0.29, 0.717) is 6.10 Å². The van der Waals surface area contributed by atoms with Crippen LogP contribution < -0.4 is 4.74 Å². The van der Waals surface area contributed by atoms with E-state index in [-0.39, 0.29) is 6.10 Å². The van der Waals surface area contributed by atoms with Crippen LogP contribution in [-0.4, -0.2) is 11.2 Å². The van der Waals surface area contributed by atoms with Gasteiger partial charge in [0.25, 0.3) is 0 Å². The van der Waals surface area contributed by atoms with Gasteiger partial charge in [-0.2, -0.15) is 0 Å². The van der Waals surface area contributed by atoms with Crippen molar-refractivity contribution >= 4 is 0 Å². The lowest BCUT2D eigenvalue weighted by Crippen LogP contribution is -2.25. The van der Waals surface area contributed by atoms with Gasteiger partial charge in [-0.3, -0.25) is 0 Å². The third-order valence-electron chi connectivity index (χ3n) is 5.01. The summed E-state index contributed by atoms with van der Waals surface area (Å²) in [6.45, 7) is 2.28. The summed E-state index contributed by atoms with van der Waals surface area (Å²) < 4.78 is 6.19. The van der Waals surface area contributed by atoms with Gasteiger partial charge in [0, 0.05) is 0 Å². The van der Waals surface area contributed by atoms with Gasteiger partial charge in [-0.15, -0.1) is 0 Å². The maximum absolute atomic E-state index is 10.1. The molecule has 0 spiro atoms. The molecule has 0 aliphatic heterocycles. The molecule has 1 aromatic rings. The first-order valence-corrected chi connectivity index (χ1v) is 8.23. The van der Waals surface area contributed by atoms with Crippen LogP contribution in [-0.2, 0) is 6.42 Å². The summed E-state index contributed by atoms with van der Waals surface area (Å²) in [6.07, 6.45) is 9.43. The van der Waals surface area contributed by atoms with E-state index in [2.05, 4.69) is 25.1 Å². The molecule has 2 nitrogen and oxygen atoms in total. The highest BCUT2D eigenvalue weighted by Crippen LogP contribution is 2.34. The Bertz CT molecular complexity index is 455. The molecule has 1 aromatic carbocycles. The molecule has 3 atom stereocenters. The minimum Gasteiger partial charge on any atom is -0.490 e. The lowest BCUT2D eigenvalue weighted by atomic mass is 9.85. The van der Waals surface area contributed by atoms with E-state index < -0.39 is 0 Å². The molecule has 20 heavy (non-hydrogen) atoms. The Balaban J connectivity index is 1.70. The monoisotopic (exact) mass is 274 g/mol. The fraction of sp³-hybridized carbons (Fsp3) is 0.667. The van der Waals surface area contributed by atoms with Gasteiger partial charge in [0.2, 0.25) is 0 Å². The zero-order chi connectivity index (χ0) is 13.9. The van der Waals surface area contributed by atoms with Crippen LogP contribution in [0.5, 0.6) is 5.75 Å². The normalized spacial score (nSPS) is 29.8. The van der Waals surface area contributed by atoms with Crippen molar-refractivity contribution in [3.8, 4) is 5.75 Å². The molecule has 1 fully saturated rings. The van der Waals surface area contributed by atoms with Gasteiger partial charge in [0.15, 0.2) is 0 Å². The first-order valence-electron chi connectivity index (χ1n) is 8.23. The van der Waals surface area contributed by atoms with Gasteiger partial charge in [-0.1, -0.05) is 25.8 Å². The molecule has 2 aliphatic rings. The fourth-order valence-corrected chi connectivity index (χ4v) is 3.74. The molecule has 0 saturated heterocycles. The zero-order valence-electron chi connectivity index (χ0n) is 12.5. The minimum absolute atomic E-state index is 0.294. The van der Waals surface area contributed by atoms with Gasteiger partial charge < -0.3 is 9.84 Å². The summed E-state index contributed by atoms with van der Waals surface area (Å²) in [5.74, 6) is 1.78. The minimum atomic E-state index is -0.294. The molecule has 2 aliphatic carbocycles. The summed E-state index contributed by atoms with van der Waals surface area (Å²) in [7, 11) is 0. The van der Waals surface area contributed by atoms with Crippen LogP contribution in [0.4, 0.5) is 0 Å². The number of aliphatic hydroxyl groups excluding tert-OH is 1. The number of rotatable bonds is 3. The van der Waals surface area contributed by atoms with Crippen LogP contribution in [0.1, 0.15) is 69.1 Å². The molecule has 0 amide bonds. The average molecular weight is 274 g/mol. The van der Waals surface area contributed by atoms with Crippen LogP contribution in [0, 0.1) is 5.92 Å². The molecular formula is C18H26O2. The second-order valence-corrected chi connectivity index (χ2v) is 6.45. The number of aryl methyl sites for hydroxylation is 1. The van der Waals surface area contributed by atoms with Crippen molar-refractivity contribution in [3.05, 3.63) is 29.3 Å². The number of benzene rings is 1. The van der Waals surface area contributed by atoms with Gasteiger partial charge in [0.1, 0.15) is 5.75 Å². The predicted molar refractivity (Wildman–Crippen MR) is 81.0 cm³/mol. The SMILES string of the molecule is CCC1CCCC(Oc2ccc3c(c2)[C@@H](O)CCC3)C1. The molecule has 0 bridgehead atoms. The quantitative estimate of drug-likeness (QED) is 0.885. The maximum Gasteiger partial charge on any atom is 0.120 e. The van der Waals surface area contributed by atoms with Crippen molar-refractivity contribution in [2.24, 2.45) is 5.92 Å². The number of ether oxygens (including phenoxy) is 1. The summed E-state index contributed by atoms with van der Waals surface area (Å²) in [5.41, 5.74) is 2.39. The molecule has 110 valence electrons. The third kappa shape index (κ3) is 3.01. The maximum atomic E-state index is 10.1. The van der Waals surface area contributed by atoms with Crippen molar-refractivity contribution in [1.82, 2.24) is 0 Å². The molecule has 0 heterocycles. The van der Waals surface area contributed by atoms with Crippen LogP contribution in [0.2, 0.25) is 0 Å². The van der Waals surface area contributed by atoms with Crippen molar-refractivity contribution in [2.75, 3.05) is 0 Å². The molecule has 1 saturated carbocycles. The van der Waals surface area contributed by atoms with Gasteiger partial charge in [-0.25, -0.2) is 0 Å². The number of hydrogen-bond acceptors (Lipinski definition) is 2. The summed E-state index contributed by atoms with van der Waals surface area (Å²) in [5, 5.41) is 10.1. The van der Waals surface area contributed by atoms with Crippen LogP contribution in [0.25, 0.3) is 0 Å². The molecule has 2 unspecified atom stereocenters. The number of hydrogen-bond donors (Lipinski definition) is 1. The second-order valence-electron chi connectivity index (χ2n) is 6.45. The molecule has 1 N–H and O–H groups in total. The van der Waals surface area contributed by atoms with E-state index in [4.69, 9.17) is 4.74 Å². The molecule has 0 radical (unpaired) electrons. The van der Waals surface area contributed by atoms with Crippen molar-refractivity contribution < 1.29 is 9.84 Å². The largest absolute Gasteiger partial charge is 0.490 e. The fourth-order valence-electron chi connectivity index (χ4n) is 3.74. The Morgan fingerprint density at radius 3 is 2.95 bits per heavy atom. The Hall–Kier alpha value is -1.02. The Morgan fingerprint density at radius 2 is 2.10 bits per heavy atom. The topological polar surface area (TPSA) is 29.5 Å². The Kier molecular flexibility index (Phi) is 4.30. The highest BCUT2D eigenvalue weighted by atomic mass is 16.5. The third-order valence-corrected chi connectivity index (χ3v) is 5.01. The Morgan fingerprint density at radius 1 is 1.20 bits per heavy atom. The lowest BCUT2D eigenvalue weighted by Gasteiger charge is -2.29. The number of aliphatic hydroxyl groups is 1. The smallest absolute Gasteiger partial charge is 0.120 e. The highest BCUT2D eigenvalue weighted by molar-refractivity contribution is 5.38. The molecular weight excluding hydrogens is 248 g/mol. The van der Waals surface area contributed by atoms with Gasteiger partial charge >= 0.3 is 0 Å². The van der Waals surface area contributed by atoms with Crippen LogP contribution in [0.15, 0.2) is 18.2 Å². The van der Waals surface area contributed by atoms with E-state index in [1.165, 1.54) is 37.7 Å². The van der Waals surface area contributed by atoms with E-state index in [1.54, 1.807) is 0 Å². The molecule has 2 heteroatoms. The first-order chi connectivity index (χ1) is 9.76. The van der Waals surface area contributed by atoms with E-state index >= 15 is 0 Å². The van der Waals surface area contributed by atoms with Crippen molar-refractivity contribution in [1.29, 1.82) is 0 Å². The van der Waals surface area contributed by atoms with E-state index in [0.717, 1.165) is 36.5 Å². The standard InChI is InChI=1S/C18H26O2/c1-2-13-5-3-7-15(11-13)20-16-10-9-14-6-4-8-18(19)17(14)12-16/h9-10,12-13,15,18-19H,2-8,11H2,1H3/t13?,15?,18-/m0/s1. The summed E-state index contributed by atoms with van der Waals surface area (Å²) in [6, 6.07) is 6.31. The van der Waals surface area contributed by atoms with Crippen LogP contribution in [0.3, 0.4) is 0 Å². The Labute approximate surface area is 122 Å². The lowest BCUT2D eigenvalue weighted by molar-refractivity contribution is 0.120. The van der Waals surface area contributed by atoms with Crippen LogP contribution >= 0.6 is 0 Å².